The maximum Gasteiger partial charge on any atom is 0.410 e. The molecule has 0 unspecified atom stereocenters. The number of aromatic hydroxyl groups is 1. The Bertz CT molecular complexity index is 1380. The molecule has 0 bridgehead atoms. The van der Waals surface area contributed by atoms with Gasteiger partial charge in [0.1, 0.15) is 22.7 Å². The molecule has 2 aromatic rings. The molecule has 0 atom stereocenters. The predicted molar refractivity (Wildman–Crippen MR) is 160 cm³/mol. The highest BCUT2D eigenvalue weighted by atomic mass is 32.2. The summed E-state index contributed by atoms with van der Waals surface area (Å²) in [6.07, 6.45) is 3.33. The van der Waals surface area contributed by atoms with Gasteiger partial charge in [-0.05, 0) is 114 Å². The highest BCUT2D eigenvalue weighted by molar-refractivity contribution is 7.86. The Labute approximate surface area is 249 Å². The van der Waals surface area contributed by atoms with E-state index in [2.05, 4.69) is 0 Å². The van der Waals surface area contributed by atoms with E-state index in [0.717, 1.165) is 35.8 Å². The first-order valence-electron chi connectivity index (χ1n) is 14.2. The second-order valence-corrected chi connectivity index (χ2v) is 14.2. The first-order chi connectivity index (χ1) is 19.4. The Morgan fingerprint density at radius 3 is 1.52 bits per heavy atom. The molecule has 2 heterocycles. The molecule has 2 aromatic carbocycles. The van der Waals surface area contributed by atoms with Gasteiger partial charge in [0.25, 0.3) is 0 Å². The summed E-state index contributed by atoms with van der Waals surface area (Å²) in [5.41, 5.74) is 3.42. The van der Waals surface area contributed by atoms with E-state index in [0.29, 0.717) is 44.8 Å². The molecule has 0 aliphatic carbocycles. The third-order valence-electron chi connectivity index (χ3n) is 6.52. The zero-order chi connectivity index (χ0) is 31.3. The number of hydrogen-bond donors (Lipinski definition) is 1. The minimum Gasteiger partial charge on any atom is -0.508 e. The van der Waals surface area contributed by atoms with Crippen molar-refractivity contribution in [2.75, 3.05) is 32.4 Å². The van der Waals surface area contributed by atoms with E-state index in [-0.39, 0.29) is 17.9 Å². The second kappa shape index (κ2) is 13.2. The standard InChI is InChI=1S/C16H23NO5S.C15H21NO3/c1-16(2,3)21-15(18)17-9-7-12-5-6-14(22-23(4,19)20)11-13(12)8-10-17;1-15(2,3)19-14(18)16-8-6-11-4-5-13(17)10-12(11)7-9-16/h5-6,11H,7-10H2,1-4H3;4-5,10,17H,6-9H2,1-3H3. The number of carbonyl (C=O) groups excluding carboxylic acids is 2. The van der Waals surface area contributed by atoms with Crippen LogP contribution in [0.2, 0.25) is 0 Å². The molecule has 232 valence electrons. The van der Waals surface area contributed by atoms with Crippen LogP contribution in [-0.2, 0) is 45.3 Å². The molecular weight excluding hydrogens is 560 g/mol. The van der Waals surface area contributed by atoms with E-state index < -0.39 is 21.3 Å². The number of fused-ring (bicyclic) bond motifs is 2. The van der Waals surface area contributed by atoms with Crippen LogP contribution in [0.5, 0.6) is 11.5 Å². The molecule has 11 heteroatoms. The van der Waals surface area contributed by atoms with E-state index in [1.54, 1.807) is 34.1 Å². The van der Waals surface area contributed by atoms with Crippen LogP contribution in [0.3, 0.4) is 0 Å². The van der Waals surface area contributed by atoms with Crippen molar-refractivity contribution in [2.24, 2.45) is 0 Å². The number of phenolic OH excluding ortho intramolecular Hbond substituents is 1. The summed E-state index contributed by atoms with van der Waals surface area (Å²) in [7, 11) is -3.54. The fourth-order valence-electron chi connectivity index (χ4n) is 4.66. The zero-order valence-electron chi connectivity index (χ0n) is 25.7. The fraction of sp³-hybridized carbons (Fsp3) is 0.548. The van der Waals surface area contributed by atoms with Gasteiger partial charge in [-0.3, -0.25) is 0 Å². The summed E-state index contributed by atoms with van der Waals surface area (Å²) >= 11 is 0. The topological polar surface area (TPSA) is 123 Å². The summed E-state index contributed by atoms with van der Waals surface area (Å²) in [6, 6.07) is 10.6. The number of phenols is 1. The number of amides is 2. The van der Waals surface area contributed by atoms with Gasteiger partial charge in [-0.1, -0.05) is 12.1 Å². The lowest BCUT2D eigenvalue weighted by atomic mass is 10.0. The maximum atomic E-state index is 12.2. The summed E-state index contributed by atoms with van der Waals surface area (Å²) in [5, 5.41) is 9.50. The molecule has 0 fully saturated rings. The number of benzene rings is 2. The van der Waals surface area contributed by atoms with Gasteiger partial charge >= 0.3 is 22.3 Å². The van der Waals surface area contributed by atoms with Crippen LogP contribution < -0.4 is 4.18 Å². The lowest BCUT2D eigenvalue weighted by molar-refractivity contribution is 0.0248. The van der Waals surface area contributed by atoms with Crippen LogP contribution in [0, 0.1) is 0 Å². The van der Waals surface area contributed by atoms with E-state index in [9.17, 15) is 23.1 Å². The normalized spacial score (nSPS) is 15.6. The van der Waals surface area contributed by atoms with Crippen molar-refractivity contribution in [2.45, 2.75) is 78.4 Å². The van der Waals surface area contributed by atoms with Gasteiger partial charge in [-0.2, -0.15) is 8.42 Å². The van der Waals surface area contributed by atoms with Gasteiger partial charge in [0.15, 0.2) is 0 Å². The summed E-state index contributed by atoms with van der Waals surface area (Å²) in [6.45, 7) is 13.5. The van der Waals surface area contributed by atoms with Gasteiger partial charge in [-0.25, -0.2) is 9.59 Å². The molecule has 0 saturated carbocycles. The lowest BCUT2D eigenvalue weighted by Crippen LogP contribution is -2.38. The van der Waals surface area contributed by atoms with Crippen molar-refractivity contribution in [3.63, 3.8) is 0 Å². The molecule has 10 nitrogen and oxygen atoms in total. The van der Waals surface area contributed by atoms with Gasteiger partial charge in [0.2, 0.25) is 0 Å². The fourth-order valence-corrected chi connectivity index (χ4v) is 5.11. The summed E-state index contributed by atoms with van der Waals surface area (Å²) in [4.78, 5) is 27.6. The Morgan fingerprint density at radius 2 is 1.10 bits per heavy atom. The molecule has 2 aliphatic heterocycles. The van der Waals surface area contributed by atoms with Crippen molar-refractivity contribution < 1.29 is 36.8 Å². The molecule has 0 aromatic heterocycles. The maximum absolute atomic E-state index is 12.2. The van der Waals surface area contributed by atoms with Crippen LogP contribution in [0.1, 0.15) is 63.8 Å². The van der Waals surface area contributed by atoms with Crippen molar-refractivity contribution in [1.29, 1.82) is 0 Å². The number of hydrogen-bond acceptors (Lipinski definition) is 8. The summed E-state index contributed by atoms with van der Waals surface area (Å²) < 4.78 is 38.2. The average Bonchev–Trinajstić information content (AvgIpc) is 3.17. The number of carbonyl (C=O) groups is 2. The third kappa shape index (κ3) is 10.7. The average molecular weight is 605 g/mol. The highest BCUT2D eigenvalue weighted by Gasteiger charge is 2.25. The van der Waals surface area contributed by atoms with Crippen molar-refractivity contribution in [1.82, 2.24) is 9.80 Å². The highest BCUT2D eigenvalue weighted by Crippen LogP contribution is 2.24. The van der Waals surface area contributed by atoms with Crippen LogP contribution >= 0.6 is 0 Å². The molecule has 0 radical (unpaired) electrons. The number of rotatable bonds is 2. The Hall–Kier alpha value is -3.47. The van der Waals surface area contributed by atoms with Gasteiger partial charge in [-0.15, -0.1) is 0 Å². The predicted octanol–water partition coefficient (Wildman–Crippen LogP) is 5.09. The molecule has 42 heavy (non-hydrogen) atoms. The van der Waals surface area contributed by atoms with Crippen LogP contribution in [0.4, 0.5) is 9.59 Å². The minimum atomic E-state index is -3.54. The Balaban J connectivity index is 0.000000235. The number of ether oxygens (including phenoxy) is 2. The van der Waals surface area contributed by atoms with E-state index in [1.807, 2.05) is 53.7 Å². The first-order valence-corrected chi connectivity index (χ1v) is 16.0. The molecular formula is C31H44N2O8S. The monoisotopic (exact) mass is 604 g/mol. The largest absolute Gasteiger partial charge is 0.508 e. The van der Waals surface area contributed by atoms with E-state index in [4.69, 9.17) is 13.7 Å². The molecule has 4 rings (SSSR count). The second-order valence-electron chi connectivity index (χ2n) is 12.6. The number of nitrogens with zero attached hydrogens (tertiary/aromatic N) is 2. The van der Waals surface area contributed by atoms with E-state index >= 15 is 0 Å². The molecule has 2 amide bonds. The van der Waals surface area contributed by atoms with Crippen LogP contribution in [0.15, 0.2) is 36.4 Å². The molecule has 0 saturated heterocycles. The minimum absolute atomic E-state index is 0.260. The van der Waals surface area contributed by atoms with Gasteiger partial charge < -0.3 is 28.6 Å². The lowest BCUT2D eigenvalue weighted by Gasteiger charge is -2.26. The third-order valence-corrected chi connectivity index (χ3v) is 7.02. The van der Waals surface area contributed by atoms with Crippen LogP contribution in [0.25, 0.3) is 0 Å². The molecule has 2 aliphatic rings. The quantitative estimate of drug-likeness (QED) is 0.471. The van der Waals surface area contributed by atoms with Crippen molar-refractivity contribution in [3.8, 4) is 11.5 Å². The first kappa shape index (κ1) is 33.0. The van der Waals surface area contributed by atoms with E-state index in [1.165, 1.54) is 5.56 Å². The Kier molecular flexibility index (Phi) is 10.4. The Morgan fingerprint density at radius 1 is 0.690 bits per heavy atom. The SMILES string of the molecule is CC(C)(C)OC(=O)N1CCc2ccc(O)cc2CC1.CC(C)(C)OC(=O)N1CCc2ccc(OS(C)(=O)=O)cc2CC1. The van der Waals surface area contributed by atoms with Gasteiger partial charge in [0.05, 0.1) is 6.26 Å². The van der Waals surface area contributed by atoms with Crippen molar-refractivity contribution in [3.05, 3.63) is 58.7 Å². The smallest absolute Gasteiger partial charge is 0.410 e. The zero-order valence-corrected chi connectivity index (χ0v) is 26.5. The molecule has 0 spiro atoms. The van der Waals surface area contributed by atoms with Crippen molar-refractivity contribution >= 4 is 22.3 Å². The van der Waals surface area contributed by atoms with Gasteiger partial charge in [0, 0.05) is 26.2 Å². The van der Waals surface area contributed by atoms with Crippen LogP contribution in [-0.4, -0.2) is 79.1 Å². The molecule has 1 N–H and O–H groups in total. The summed E-state index contributed by atoms with van der Waals surface area (Å²) in [5.74, 6) is 0.585.